The molecule has 3 heteroatoms. The molecule has 2 N–H and O–H groups in total. The van der Waals surface area contributed by atoms with Gasteiger partial charge in [0.25, 0.3) is 0 Å². The van der Waals surface area contributed by atoms with Crippen LogP contribution in [0.2, 0.25) is 0 Å². The van der Waals surface area contributed by atoms with Crippen molar-refractivity contribution in [3.63, 3.8) is 0 Å². The second kappa shape index (κ2) is 8.97. The fourth-order valence-electron chi connectivity index (χ4n) is 0.849. The molecule has 0 radical (unpaired) electrons. The standard InChI is InChI=1S/C9H22N2O/c1-9(11-3)8-12-7-5-4-6-10-2/h9-11H,4-8H2,1-3H3/t9-/m1/s1. The number of unbranched alkanes of at least 4 members (excludes halogenated alkanes) is 1. The Morgan fingerprint density at radius 2 is 2.00 bits per heavy atom. The maximum absolute atomic E-state index is 5.44. The summed E-state index contributed by atoms with van der Waals surface area (Å²) < 4.78 is 5.44. The van der Waals surface area contributed by atoms with Crippen LogP contribution in [-0.2, 0) is 4.74 Å². The second-order valence-corrected chi connectivity index (χ2v) is 3.08. The summed E-state index contributed by atoms with van der Waals surface area (Å²) in [7, 11) is 3.93. The smallest absolute Gasteiger partial charge is 0.0616 e. The Hall–Kier alpha value is -0.120. The van der Waals surface area contributed by atoms with E-state index in [1.807, 2.05) is 14.1 Å². The number of ether oxygens (including phenoxy) is 1. The van der Waals surface area contributed by atoms with Gasteiger partial charge >= 0.3 is 0 Å². The molecular weight excluding hydrogens is 152 g/mol. The summed E-state index contributed by atoms with van der Waals surface area (Å²) in [6.45, 7) is 4.91. The molecule has 0 saturated heterocycles. The van der Waals surface area contributed by atoms with Gasteiger partial charge in [-0.1, -0.05) is 0 Å². The van der Waals surface area contributed by atoms with Gasteiger partial charge in [-0.25, -0.2) is 0 Å². The van der Waals surface area contributed by atoms with E-state index < -0.39 is 0 Å². The Morgan fingerprint density at radius 3 is 2.58 bits per heavy atom. The second-order valence-electron chi connectivity index (χ2n) is 3.08. The topological polar surface area (TPSA) is 33.3 Å². The van der Waals surface area contributed by atoms with Gasteiger partial charge < -0.3 is 15.4 Å². The lowest BCUT2D eigenvalue weighted by atomic mass is 10.3. The molecule has 0 aliphatic carbocycles. The zero-order chi connectivity index (χ0) is 9.23. The van der Waals surface area contributed by atoms with Crippen LogP contribution in [0.1, 0.15) is 19.8 Å². The van der Waals surface area contributed by atoms with Crippen molar-refractivity contribution in [2.45, 2.75) is 25.8 Å². The minimum absolute atomic E-state index is 0.467. The Labute approximate surface area is 75.9 Å². The lowest BCUT2D eigenvalue weighted by Gasteiger charge is -2.10. The zero-order valence-corrected chi connectivity index (χ0v) is 8.52. The van der Waals surface area contributed by atoms with Gasteiger partial charge in [0.05, 0.1) is 6.61 Å². The van der Waals surface area contributed by atoms with Crippen molar-refractivity contribution >= 4 is 0 Å². The van der Waals surface area contributed by atoms with Gasteiger partial charge in [-0.15, -0.1) is 0 Å². The molecule has 0 amide bonds. The number of likely N-dealkylation sites (N-methyl/N-ethyl adjacent to an activating group) is 1. The maximum Gasteiger partial charge on any atom is 0.0616 e. The Kier molecular flexibility index (Phi) is 8.88. The predicted octanol–water partition coefficient (Wildman–Crippen LogP) is 0.610. The summed E-state index contributed by atoms with van der Waals surface area (Å²) in [6.07, 6.45) is 2.35. The zero-order valence-electron chi connectivity index (χ0n) is 8.52. The molecule has 74 valence electrons. The molecule has 0 unspecified atom stereocenters. The van der Waals surface area contributed by atoms with E-state index in [-0.39, 0.29) is 0 Å². The van der Waals surface area contributed by atoms with Crippen LogP contribution in [-0.4, -0.2) is 39.9 Å². The van der Waals surface area contributed by atoms with Crippen LogP contribution in [0, 0.1) is 0 Å². The quantitative estimate of drug-likeness (QED) is 0.529. The summed E-state index contributed by atoms with van der Waals surface area (Å²) >= 11 is 0. The van der Waals surface area contributed by atoms with Gasteiger partial charge in [-0.05, 0) is 40.4 Å². The van der Waals surface area contributed by atoms with Crippen molar-refractivity contribution in [2.75, 3.05) is 33.9 Å². The molecule has 0 spiro atoms. The van der Waals surface area contributed by atoms with Crippen molar-refractivity contribution in [3.05, 3.63) is 0 Å². The first kappa shape index (κ1) is 11.9. The molecule has 12 heavy (non-hydrogen) atoms. The average molecular weight is 174 g/mol. The molecular formula is C9H22N2O. The van der Waals surface area contributed by atoms with Crippen LogP contribution < -0.4 is 10.6 Å². The third-order valence-corrected chi connectivity index (χ3v) is 1.83. The molecule has 0 aromatic rings. The fraction of sp³-hybridized carbons (Fsp3) is 1.00. The summed E-state index contributed by atoms with van der Waals surface area (Å²) in [5, 5.41) is 6.24. The largest absolute Gasteiger partial charge is 0.380 e. The van der Waals surface area contributed by atoms with Crippen LogP contribution in [0.4, 0.5) is 0 Å². The Balaban J connectivity index is 2.90. The summed E-state index contributed by atoms with van der Waals surface area (Å²) in [5.74, 6) is 0. The van der Waals surface area contributed by atoms with Gasteiger partial charge in [0.1, 0.15) is 0 Å². The van der Waals surface area contributed by atoms with Gasteiger partial charge in [-0.3, -0.25) is 0 Å². The van der Waals surface area contributed by atoms with E-state index >= 15 is 0 Å². The maximum atomic E-state index is 5.44. The first-order valence-corrected chi connectivity index (χ1v) is 4.71. The number of rotatable bonds is 8. The van der Waals surface area contributed by atoms with E-state index in [9.17, 15) is 0 Å². The molecule has 0 rings (SSSR count). The predicted molar refractivity (Wildman–Crippen MR) is 52.5 cm³/mol. The molecule has 0 bridgehead atoms. The van der Waals surface area contributed by atoms with Gasteiger partial charge in [0.2, 0.25) is 0 Å². The first-order valence-electron chi connectivity index (χ1n) is 4.71. The van der Waals surface area contributed by atoms with E-state index in [4.69, 9.17) is 4.74 Å². The molecule has 0 aliphatic rings. The summed E-state index contributed by atoms with van der Waals surface area (Å²) in [4.78, 5) is 0. The minimum Gasteiger partial charge on any atom is -0.380 e. The van der Waals surface area contributed by atoms with Gasteiger partial charge in [0.15, 0.2) is 0 Å². The molecule has 0 saturated carbocycles. The molecule has 3 nitrogen and oxygen atoms in total. The minimum atomic E-state index is 0.467. The summed E-state index contributed by atoms with van der Waals surface area (Å²) in [6, 6.07) is 0.467. The first-order chi connectivity index (χ1) is 5.81. The average Bonchev–Trinajstić information content (AvgIpc) is 2.10. The van der Waals surface area contributed by atoms with E-state index in [1.165, 1.54) is 6.42 Å². The highest BCUT2D eigenvalue weighted by atomic mass is 16.5. The number of hydrogen-bond acceptors (Lipinski definition) is 3. The van der Waals surface area contributed by atoms with Crippen LogP contribution in [0.25, 0.3) is 0 Å². The van der Waals surface area contributed by atoms with Crippen LogP contribution in [0.15, 0.2) is 0 Å². The molecule has 0 fully saturated rings. The van der Waals surface area contributed by atoms with Crippen molar-refractivity contribution in [1.29, 1.82) is 0 Å². The molecule has 1 atom stereocenters. The summed E-state index contributed by atoms with van der Waals surface area (Å²) in [5.41, 5.74) is 0. The van der Waals surface area contributed by atoms with E-state index in [0.29, 0.717) is 6.04 Å². The lowest BCUT2D eigenvalue weighted by molar-refractivity contribution is 0.114. The highest BCUT2D eigenvalue weighted by Crippen LogP contribution is 1.90. The van der Waals surface area contributed by atoms with Crippen molar-refractivity contribution < 1.29 is 4.74 Å². The van der Waals surface area contributed by atoms with E-state index in [1.54, 1.807) is 0 Å². The molecule has 0 aromatic carbocycles. The SMILES string of the molecule is CNCCCCOC[C@@H](C)NC. The molecule has 0 aromatic heterocycles. The van der Waals surface area contributed by atoms with E-state index in [2.05, 4.69) is 17.6 Å². The van der Waals surface area contributed by atoms with Gasteiger partial charge in [0, 0.05) is 12.6 Å². The Bertz CT molecular complexity index is 88.6. The lowest BCUT2D eigenvalue weighted by Crippen LogP contribution is -2.26. The molecule has 0 heterocycles. The molecule has 0 aliphatic heterocycles. The third kappa shape index (κ3) is 7.98. The van der Waals surface area contributed by atoms with Crippen molar-refractivity contribution in [3.8, 4) is 0 Å². The van der Waals surface area contributed by atoms with E-state index in [0.717, 1.165) is 26.2 Å². The highest BCUT2D eigenvalue weighted by Gasteiger charge is 1.96. The highest BCUT2D eigenvalue weighted by molar-refractivity contribution is 4.53. The fourth-order valence-corrected chi connectivity index (χ4v) is 0.849. The normalized spacial score (nSPS) is 13.2. The number of hydrogen-bond donors (Lipinski definition) is 2. The van der Waals surface area contributed by atoms with Gasteiger partial charge in [-0.2, -0.15) is 0 Å². The van der Waals surface area contributed by atoms with Crippen molar-refractivity contribution in [2.24, 2.45) is 0 Å². The Morgan fingerprint density at radius 1 is 1.25 bits per heavy atom. The number of nitrogens with one attached hydrogen (secondary N) is 2. The van der Waals surface area contributed by atoms with Crippen molar-refractivity contribution in [1.82, 2.24) is 10.6 Å². The van der Waals surface area contributed by atoms with Crippen LogP contribution in [0.3, 0.4) is 0 Å². The van der Waals surface area contributed by atoms with Crippen LogP contribution >= 0.6 is 0 Å². The monoisotopic (exact) mass is 174 g/mol. The van der Waals surface area contributed by atoms with Crippen LogP contribution in [0.5, 0.6) is 0 Å². The third-order valence-electron chi connectivity index (χ3n) is 1.83.